The normalized spacial score (nSPS) is 14.7. The zero-order valence-electron chi connectivity index (χ0n) is 15.1. The van der Waals surface area contributed by atoms with E-state index < -0.39 is 0 Å². The lowest BCUT2D eigenvalue weighted by Gasteiger charge is -2.36. The zero-order valence-corrected chi connectivity index (χ0v) is 17.4. The van der Waals surface area contributed by atoms with Crippen LogP contribution in [0.1, 0.15) is 5.56 Å². The van der Waals surface area contributed by atoms with Crippen molar-refractivity contribution in [3.63, 3.8) is 0 Å². The zero-order chi connectivity index (χ0) is 18.5. The van der Waals surface area contributed by atoms with Crippen molar-refractivity contribution in [2.24, 2.45) is 10.7 Å². The van der Waals surface area contributed by atoms with Gasteiger partial charge in [0.1, 0.15) is 17.4 Å². The summed E-state index contributed by atoms with van der Waals surface area (Å²) in [5, 5.41) is 0. The number of anilines is 1. The minimum absolute atomic E-state index is 0. The Hall–Kier alpha value is -2.10. The minimum atomic E-state index is -0.360. The Bertz CT molecular complexity index is 778. The number of halogens is 3. The molecule has 1 saturated heterocycles. The Morgan fingerprint density at radius 1 is 1.04 bits per heavy atom. The summed E-state index contributed by atoms with van der Waals surface area (Å²) in [5.74, 6) is 0.299. The second kappa shape index (κ2) is 9.72. The summed E-state index contributed by atoms with van der Waals surface area (Å²) in [6.45, 7) is 3.28. The molecule has 3 rings (SSSR count). The number of ether oxygens (including phenoxy) is 1. The largest absolute Gasteiger partial charge is 0.497 e. The van der Waals surface area contributed by atoms with Crippen LogP contribution >= 0.6 is 24.0 Å². The fraction of sp³-hybridized carbons (Fsp3) is 0.316. The highest BCUT2D eigenvalue weighted by Crippen LogP contribution is 2.18. The van der Waals surface area contributed by atoms with E-state index in [0.717, 1.165) is 31.9 Å². The molecule has 1 aliphatic rings. The number of piperazine rings is 1. The smallest absolute Gasteiger partial charge is 0.191 e. The first-order valence-corrected chi connectivity index (χ1v) is 8.44. The molecule has 8 heteroatoms. The lowest BCUT2D eigenvalue weighted by Crippen LogP contribution is -2.51. The highest BCUT2D eigenvalue weighted by atomic mass is 127. The molecule has 0 atom stereocenters. The molecule has 0 aliphatic carbocycles. The van der Waals surface area contributed by atoms with Crippen LogP contribution < -0.4 is 15.4 Å². The van der Waals surface area contributed by atoms with E-state index in [0.29, 0.717) is 17.3 Å². The van der Waals surface area contributed by atoms with E-state index in [9.17, 15) is 8.78 Å². The number of benzene rings is 2. The van der Waals surface area contributed by atoms with Crippen LogP contribution in [0.2, 0.25) is 0 Å². The number of nitrogens with zero attached hydrogens (tertiary/aromatic N) is 3. The highest BCUT2D eigenvalue weighted by Gasteiger charge is 2.18. The molecule has 0 bridgehead atoms. The van der Waals surface area contributed by atoms with Gasteiger partial charge in [-0.15, -0.1) is 24.0 Å². The summed E-state index contributed by atoms with van der Waals surface area (Å²) >= 11 is 0. The monoisotopic (exact) mass is 488 g/mol. The number of hydrogen-bond donors (Lipinski definition) is 1. The minimum Gasteiger partial charge on any atom is -0.497 e. The number of methoxy groups -OCH3 is 1. The molecule has 0 unspecified atom stereocenters. The van der Waals surface area contributed by atoms with Crippen LogP contribution in [0.5, 0.6) is 5.75 Å². The molecule has 2 aromatic carbocycles. The van der Waals surface area contributed by atoms with Crippen molar-refractivity contribution < 1.29 is 13.5 Å². The third-order valence-corrected chi connectivity index (χ3v) is 4.39. The Balaban J connectivity index is 0.00000261. The van der Waals surface area contributed by atoms with Gasteiger partial charge in [0.15, 0.2) is 5.96 Å². The van der Waals surface area contributed by atoms with Crippen molar-refractivity contribution in [3.8, 4) is 5.75 Å². The summed E-state index contributed by atoms with van der Waals surface area (Å²) in [6, 6.07) is 11.0. The van der Waals surface area contributed by atoms with E-state index in [1.54, 1.807) is 18.2 Å². The van der Waals surface area contributed by atoms with Gasteiger partial charge in [0.2, 0.25) is 0 Å². The summed E-state index contributed by atoms with van der Waals surface area (Å²) in [4.78, 5) is 8.55. The number of hydrogen-bond acceptors (Lipinski definition) is 3. The van der Waals surface area contributed by atoms with Gasteiger partial charge in [-0.2, -0.15) is 0 Å². The predicted molar refractivity (Wildman–Crippen MR) is 114 cm³/mol. The standard InChI is InChI=1S/C19H22F2N4O.HI/c1-26-18-11-14(10-16(21)12-18)13-23-19(22)25-8-6-24(7-9-25)17-4-2-15(20)3-5-17;/h2-5,10-12H,6-9,13H2,1H3,(H2,22,23);1H. The third-order valence-electron chi connectivity index (χ3n) is 4.39. The van der Waals surface area contributed by atoms with E-state index in [2.05, 4.69) is 9.89 Å². The lowest BCUT2D eigenvalue weighted by atomic mass is 10.2. The van der Waals surface area contributed by atoms with E-state index >= 15 is 0 Å². The number of nitrogens with two attached hydrogens (primary N) is 1. The SMILES string of the molecule is COc1cc(F)cc(CN=C(N)N2CCN(c3ccc(F)cc3)CC2)c1.I. The van der Waals surface area contributed by atoms with Crippen molar-refractivity contribution >= 4 is 35.6 Å². The van der Waals surface area contributed by atoms with Crippen LogP contribution in [0.25, 0.3) is 0 Å². The molecule has 2 aromatic rings. The number of guanidine groups is 1. The molecule has 5 nitrogen and oxygen atoms in total. The number of aliphatic imine (C=N–C) groups is 1. The van der Waals surface area contributed by atoms with Crippen LogP contribution in [0.3, 0.4) is 0 Å². The molecule has 0 amide bonds. The maximum Gasteiger partial charge on any atom is 0.191 e. The van der Waals surface area contributed by atoms with Gasteiger partial charge in [-0.1, -0.05) is 0 Å². The summed E-state index contributed by atoms with van der Waals surface area (Å²) < 4.78 is 31.6. The molecule has 27 heavy (non-hydrogen) atoms. The molecule has 2 N–H and O–H groups in total. The average molecular weight is 488 g/mol. The quantitative estimate of drug-likeness (QED) is 0.408. The lowest BCUT2D eigenvalue weighted by molar-refractivity contribution is 0.380. The first-order valence-electron chi connectivity index (χ1n) is 8.44. The highest BCUT2D eigenvalue weighted by molar-refractivity contribution is 14.0. The number of rotatable bonds is 4. The summed E-state index contributed by atoms with van der Waals surface area (Å²) in [5.41, 5.74) is 7.79. The van der Waals surface area contributed by atoms with E-state index in [1.165, 1.54) is 31.4 Å². The van der Waals surface area contributed by atoms with Crippen molar-refractivity contribution in [1.29, 1.82) is 0 Å². The van der Waals surface area contributed by atoms with Crippen molar-refractivity contribution in [2.45, 2.75) is 6.54 Å². The maximum absolute atomic E-state index is 13.5. The van der Waals surface area contributed by atoms with Crippen LogP contribution in [0, 0.1) is 11.6 Å². The van der Waals surface area contributed by atoms with Gasteiger partial charge in [0.25, 0.3) is 0 Å². The third kappa shape index (κ3) is 5.69. The van der Waals surface area contributed by atoms with E-state index in [1.807, 2.05) is 4.90 Å². The topological polar surface area (TPSA) is 54.1 Å². The molecule has 0 saturated carbocycles. The second-order valence-electron chi connectivity index (χ2n) is 6.12. The van der Waals surface area contributed by atoms with Crippen LogP contribution in [-0.4, -0.2) is 44.1 Å². The molecule has 1 aliphatic heterocycles. The van der Waals surface area contributed by atoms with Gasteiger partial charge in [-0.3, -0.25) is 0 Å². The first kappa shape index (κ1) is 21.2. The predicted octanol–water partition coefficient (Wildman–Crippen LogP) is 3.23. The fourth-order valence-electron chi connectivity index (χ4n) is 2.95. The Morgan fingerprint density at radius 3 is 2.33 bits per heavy atom. The van der Waals surface area contributed by atoms with Crippen molar-refractivity contribution in [3.05, 3.63) is 59.7 Å². The Morgan fingerprint density at radius 2 is 1.70 bits per heavy atom. The maximum atomic E-state index is 13.5. The van der Waals surface area contributed by atoms with Gasteiger partial charge < -0.3 is 20.3 Å². The fourth-order valence-corrected chi connectivity index (χ4v) is 2.95. The average Bonchev–Trinajstić information content (AvgIpc) is 2.66. The molecule has 1 heterocycles. The molecule has 0 radical (unpaired) electrons. The molecular formula is C19H23F2IN4O. The summed E-state index contributed by atoms with van der Waals surface area (Å²) in [7, 11) is 1.50. The molecule has 0 aromatic heterocycles. The van der Waals surface area contributed by atoms with Crippen LogP contribution in [-0.2, 0) is 6.54 Å². The molecule has 1 fully saturated rings. The van der Waals surface area contributed by atoms with Crippen molar-refractivity contribution in [1.82, 2.24) is 4.90 Å². The molecular weight excluding hydrogens is 465 g/mol. The van der Waals surface area contributed by atoms with E-state index in [-0.39, 0.29) is 42.2 Å². The van der Waals surface area contributed by atoms with Gasteiger partial charge >= 0.3 is 0 Å². The molecule has 146 valence electrons. The van der Waals surface area contributed by atoms with Crippen molar-refractivity contribution in [2.75, 3.05) is 38.2 Å². The Kier molecular flexibility index (Phi) is 7.64. The van der Waals surface area contributed by atoms with Gasteiger partial charge in [-0.25, -0.2) is 13.8 Å². The van der Waals surface area contributed by atoms with Gasteiger partial charge in [0, 0.05) is 37.9 Å². The Labute approximate surface area is 174 Å². The van der Waals surface area contributed by atoms with Gasteiger partial charge in [0.05, 0.1) is 13.7 Å². The molecule has 0 spiro atoms. The van der Waals surface area contributed by atoms with Crippen LogP contribution in [0.15, 0.2) is 47.5 Å². The summed E-state index contributed by atoms with van der Waals surface area (Å²) in [6.07, 6.45) is 0. The van der Waals surface area contributed by atoms with Gasteiger partial charge in [-0.05, 0) is 42.0 Å². The van der Waals surface area contributed by atoms with E-state index in [4.69, 9.17) is 10.5 Å². The van der Waals surface area contributed by atoms with Crippen LogP contribution in [0.4, 0.5) is 14.5 Å². The first-order chi connectivity index (χ1) is 12.5. The second-order valence-corrected chi connectivity index (χ2v) is 6.12.